The zero-order valence-corrected chi connectivity index (χ0v) is 12.7. The van der Waals surface area contributed by atoms with Crippen LogP contribution in [0.3, 0.4) is 0 Å². The number of unbranched alkanes of at least 4 members (excludes halogenated alkanes) is 2. The van der Waals surface area contributed by atoms with Crippen molar-refractivity contribution in [1.29, 1.82) is 0 Å². The van der Waals surface area contributed by atoms with Crippen LogP contribution in [0.2, 0.25) is 0 Å². The van der Waals surface area contributed by atoms with E-state index in [0.717, 1.165) is 30.4 Å². The summed E-state index contributed by atoms with van der Waals surface area (Å²) in [5.41, 5.74) is 1.91. The van der Waals surface area contributed by atoms with Crippen LogP contribution in [0.5, 0.6) is 0 Å². The van der Waals surface area contributed by atoms with Gasteiger partial charge >= 0.3 is 0 Å². The molecule has 0 N–H and O–H groups in total. The van der Waals surface area contributed by atoms with Crippen LogP contribution in [0.4, 0.5) is 0 Å². The summed E-state index contributed by atoms with van der Waals surface area (Å²) in [6.45, 7) is 2.15. The molecule has 1 aromatic carbocycles. The molecule has 0 saturated heterocycles. The molecule has 0 aliphatic heterocycles. The summed E-state index contributed by atoms with van der Waals surface area (Å²) < 4.78 is 0. The number of rotatable bonds is 7. The van der Waals surface area contributed by atoms with Crippen LogP contribution in [0.15, 0.2) is 41.8 Å². The van der Waals surface area contributed by atoms with Crippen molar-refractivity contribution in [3.63, 3.8) is 0 Å². The topological polar surface area (TPSA) is 17.1 Å². The Hall–Kier alpha value is -1.67. The lowest BCUT2D eigenvalue weighted by Gasteiger charge is -2.02. The van der Waals surface area contributed by atoms with E-state index in [4.69, 9.17) is 0 Å². The Morgan fingerprint density at radius 2 is 2.05 bits per heavy atom. The van der Waals surface area contributed by atoms with E-state index in [-0.39, 0.29) is 5.78 Å². The fourth-order valence-corrected chi connectivity index (χ4v) is 2.68. The van der Waals surface area contributed by atoms with Crippen LogP contribution in [0.25, 0.3) is 12.2 Å². The molecule has 2 rings (SSSR count). The SMILES string of the molecule is CCCCCC(=O)c1cccc(/C=C/c2cccs2)c1. The number of benzene rings is 1. The molecular weight excluding hydrogens is 264 g/mol. The van der Waals surface area contributed by atoms with E-state index < -0.39 is 0 Å². The van der Waals surface area contributed by atoms with E-state index in [1.165, 1.54) is 4.88 Å². The Kier molecular flexibility index (Phi) is 5.75. The normalized spacial score (nSPS) is 11.1. The molecule has 0 amide bonds. The first-order chi connectivity index (χ1) is 9.79. The van der Waals surface area contributed by atoms with Gasteiger partial charge < -0.3 is 0 Å². The minimum Gasteiger partial charge on any atom is -0.294 e. The van der Waals surface area contributed by atoms with Crippen LogP contribution in [-0.4, -0.2) is 5.78 Å². The standard InChI is InChI=1S/C18H20OS/c1-2-3-4-10-18(19)16-8-5-7-15(14-16)11-12-17-9-6-13-20-17/h5-9,11-14H,2-4,10H2,1H3/b12-11+. The molecule has 0 atom stereocenters. The number of Topliss-reactive ketones (excluding diaryl/α,β-unsaturated/α-hetero) is 1. The minimum absolute atomic E-state index is 0.254. The van der Waals surface area contributed by atoms with Gasteiger partial charge in [-0.05, 0) is 35.6 Å². The first-order valence-corrected chi connectivity index (χ1v) is 8.02. The molecule has 2 aromatic rings. The molecule has 0 unspecified atom stereocenters. The number of thiophene rings is 1. The molecule has 0 bridgehead atoms. The van der Waals surface area contributed by atoms with Crippen LogP contribution in [0, 0.1) is 0 Å². The predicted molar refractivity (Wildman–Crippen MR) is 88.2 cm³/mol. The maximum absolute atomic E-state index is 12.1. The molecule has 1 heterocycles. The van der Waals surface area contributed by atoms with Crippen LogP contribution in [-0.2, 0) is 0 Å². The Balaban J connectivity index is 2.02. The van der Waals surface area contributed by atoms with E-state index >= 15 is 0 Å². The van der Waals surface area contributed by atoms with Crippen LogP contribution in [0.1, 0.15) is 53.4 Å². The molecule has 2 heteroatoms. The van der Waals surface area contributed by atoms with Gasteiger partial charge in [-0.1, -0.05) is 50.1 Å². The Labute approximate surface area is 125 Å². The Bertz CT molecular complexity index is 567. The molecule has 1 nitrogen and oxygen atoms in total. The van der Waals surface area contributed by atoms with Gasteiger partial charge in [0.2, 0.25) is 0 Å². The van der Waals surface area contributed by atoms with Gasteiger partial charge in [0.05, 0.1) is 0 Å². The highest BCUT2D eigenvalue weighted by Gasteiger charge is 2.05. The van der Waals surface area contributed by atoms with Crippen molar-refractivity contribution in [3.05, 3.63) is 57.8 Å². The molecular formula is C18H20OS. The van der Waals surface area contributed by atoms with Crippen molar-refractivity contribution in [1.82, 2.24) is 0 Å². The maximum atomic E-state index is 12.1. The third kappa shape index (κ3) is 4.46. The molecule has 0 aliphatic rings. The molecule has 0 spiro atoms. The summed E-state index contributed by atoms with van der Waals surface area (Å²) in [6.07, 6.45) is 8.08. The number of carbonyl (C=O) groups excluding carboxylic acids is 1. The molecule has 0 fully saturated rings. The lowest BCUT2D eigenvalue weighted by Crippen LogP contribution is -1.98. The minimum atomic E-state index is 0.254. The van der Waals surface area contributed by atoms with E-state index in [1.54, 1.807) is 11.3 Å². The molecule has 20 heavy (non-hydrogen) atoms. The van der Waals surface area contributed by atoms with E-state index in [9.17, 15) is 4.79 Å². The van der Waals surface area contributed by atoms with Gasteiger partial charge in [-0.25, -0.2) is 0 Å². The highest BCUT2D eigenvalue weighted by molar-refractivity contribution is 7.10. The van der Waals surface area contributed by atoms with Gasteiger partial charge in [0.1, 0.15) is 0 Å². The van der Waals surface area contributed by atoms with E-state index in [1.807, 2.05) is 30.3 Å². The monoisotopic (exact) mass is 284 g/mol. The van der Waals surface area contributed by atoms with Crippen molar-refractivity contribution in [3.8, 4) is 0 Å². The molecule has 104 valence electrons. The molecule has 1 aromatic heterocycles. The second kappa shape index (κ2) is 7.81. The number of hydrogen-bond acceptors (Lipinski definition) is 2. The Morgan fingerprint density at radius 3 is 2.80 bits per heavy atom. The van der Waals surface area contributed by atoms with Crippen molar-refractivity contribution >= 4 is 29.3 Å². The fourth-order valence-electron chi connectivity index (χ4n) is 2.06. The summed E-state index contributed by atoms with van der Waals surface area (Å²) in [5, 5.41) is 2.06. The maximum Gasteiger partial charge on any atom is 0.162 e. The van der Waals surface area contributed by atoms with Crippen molar-refractivity contribution in [2.45, 2.75) is 32.6 Å². The lowest BCUT2D eigenvalue weighted by molar-refractivity contribution is 0.0979. The first kappa shape index (κ1) is 14.7. The smallest absolute Gasteiger partial charge is 0.162 e. The molecule has 0 radical (unpaired) electrons. The third-order valence-corrected chi connectivity index (χ3v) is 4.04. The van der Waals surface area contributed by atoms with E-state index in [2.05, 4.69) is 30.5 Å². The van der Waals surface area contributed by atoms with Crippen molar-refractivity contribution in [2.24, 2.45) is 0 Å². The summed E-state index contributed by atoms with van der Waals surface area (Å²) in [4.78, 5) is 13.3. The van der Waals surface area contributed by atoms with Gasteiger partial charge in [0.25, 0.3) is 0 Å². The predicted octanol–water partition coefficient (Wildman–Crippen LogP) is 5.68. The second-order valence-electron chi connectivity index (χ2n) is 4.85. The average molecular weight is 284 g/mol. The lowest BCUT2D eigenvalue weighted by atomic mass is 10.0. The number of carbonyl (C=O) groups is 1. The average Bonchev–Trinajstić information content (AvgIpc) is 2.99. The number of hydrogen-bond donors (Lipinski definition) is 0. The Morgan fingerprint density at radius 1 is 1.15 bits per heavy atom. The number of ketones is 1. The molecule has 0 saturated carbocycles. The van der Waals surface area contributed by atoms with Crippen molar-refractivity contribution < 1.29 is 4.79 Å². The largest absolute Gasteiger partial charge is 0.294 e. The first-order valence-electron chi connectivity index (χ1n) is 7.14. The van der Waals surface area contributed by atoms with Crippen molar-refractivity contribution in [2.75, 3.05) is 0 Å². The fraction of sp³-hybridized carbons (Fsp3) is 0.278. The highest BCUT2D eigenvalue weighted by Crippen LogP contribution is 2.15. The van der Waals surface area contributed by atoms with Crippen LogP contribution >= 0.6 is 11.3 Å². The second-order valence-corrected chi connectivity index (χ2v) is 5.83. The van der Waals surface area contributed by atoms with Gasteiger partial charge in [-0.2, -0.15) is 0 Å². The molecule has 0 aliphatic carbocycles. The summed E-state index contributed by atoms with van der Waals surface area (Å²) in [6, 6.07) is 12.0. The summed E-state index contributed by atoms with van der Waals surface area (Å²) in [5.74, 6) is 0.254. The highest BCUT2D eigenvalue weighted by atomic mass is 32.1. The van der Waals surface area contributed by atoms with Crippen LogP contribution < -0.4 is 0 Å². The van der Waals surface area contributed by atoms with E-state index in [0.29, 0.717) is 6.42 Å². The zero-order chi connectivity index (χ0) is 14.2. The third-order valence-electron chi connectivity index (χ3n) is 3.20. The van der Waals surface area contributed by atoms with Gasteiger partial charge in [-0.3, -0.25) is 4.79 Å². The van der Waals surface area contributed by atoms with Gasteiger partial charge in [-0.15, -0.1) is 11.3 Å². The van der Waals surface area contributed by atoms with Gasteiger partial charge in [0.15, 0.2) is 5.78 Å². The van der Waals surface area contributed by atoms with Gasteiger partial charge in [0, 0.05) is 16.9 Å². The zero-order valence-electron chi connectivity index (χ0n) is 11.8. The summed E-state index contributed by atoms with van der Waals surface area (Å²) in [7, 11) is 0. The summed E-state index contributed by atoms with van der Waals surface area (Å²) >= 11 is 1.71. The quantitative estimate of drug-likeness (QED) is 0.472.